The van der Waals surface area contributed by atoms with Crippen LogP contribution in [0, 0.1) is 0 Å². The molecular formula is C16H19NO2. The maximum atomic E-state index is 12.6. The molecule has 0 radical (unpaired) electrons. The number of piperidine rings is 1. The van der Waals surface area contributed by atoms with Gasteiger partial charge in [0, 0.05) is 18.2 Å². The van der Waals surface area contributed by atoms with Crippen LogP contribution in [-0.4, -0.2) is 30.0 Å². The van der Waals surface area contributed by atoms with Gasteiger partial charge in [-0.3, -0.25) is 4.79 Å². The molecule has 19 heavy (non-hydrogen) atoms. The first-order chi connectivity index (χ1) is 9.25. The molecule has 1 fully saturated rings. The molecule has 0 aliphatic carbocycles. The summed E-state index contributed by atoms with van der Waals surface area (Å²) in [6, 6.07) is 8.19. The number of amides is 1. The smallest absolute Gasteiger partial charge is 0.253 e. The van der Waals surface area contributed by atoms with E-state index in [9.17, 15) is 4.79 Å². The molecule has 3 rings (SSSR count). The van der Waals surface area contributed by atoms with Gasteiger partial charge in [-0.1, -0.05) is 18.2 Å². The molecule has 0 unspecified atom stereocenters. The first-order valence-corrected chi connectivity index (χ1v) is 6.99. The highest BCUT2D eigenvalue weighted by molar-refractivity contribution is 5.99. The summed E-state index contributed by atoms with van der Waals surface area (Å²) in [7, 11) is 0. The van der Waals surface area contributed by atoms with Gasteiger partial charge in [-0.15, -0.1) is 0 Å². The predicted molar refractivity (Wildman–Crippen MR) is 74.9 cm³/mol. The summed E-state index contributed by atoms with van der Waals surface area (Å²) in [6.45, 7) is 3.40. The lowest BCUT2D eigenvalue weighted by molar-refractivity contribution is -0.130. The van der Waals surface area contributed by atoms with E-state index in [4.69, 9.17) is 4.74 Å². The van der Waals surface area contributed by atoms with Crippen LogP contribution in [0.5, 0.6) is 5.75 Å². The van der Waals surface area contributed by atoms with Crippen molar-refractivity contribution >= 4 is 12.0 Å². The Morgan fingerprint density at radius 1 is 1.32 bits per heavy atom. The molecule has 1 aromatic rings. The monoisotopic (exact) mass is 257 g/mol. The van der Waals surface area contributed by atoms with E-state index < -0.39 is 0 Å². The fraction of sp³-hybridized carbons (Fsp3) is 0.438. The summed E-state index contributed by atoms with van der Waals surface area (Å²) >= 11 is 0. The third-order valence-electron chi connectivity index (χ3n) is 3.97. The number of hydrogen-bond donors (Lipinski definition) is 0. The summed E-state index contributed by atoms with van der Waals surface area (Å²) in [5.41, 5.74) is 1.77. The Morgan fingerprint density at radius 3 is 3.00 bits per heavy atom. The average molecular weight is 257 g/mol. The van der Waals surface area contributed by atoms with Crippen molar-refractivity contribution in [3.8, 4) is 5.75 Å². The Hall–Kier alpha value is -1.77. The number of fused-ring (bicyclic) bond motifs is 1. The van der Waals surface area contributed by atoms with Crippen LogP contribution in [0.25, 0.3) is 6.08 Å². The van der Waals surface area contributed by atoms with Crippen LogP contribution >= 0.6 is 0 Å². The molecule has 0 spiro atoms. The van der Waals surface area contributed by atoms with E-state index in [2.05, 4.69) is 6.92 Å². The van der Waals surface area contributed by atoms with E-state index >= 15 is 0 Å². The van der Waals surface area contributed by atoms with Crippen molar-refractivity contribution in [1.29, 1.82) is 0 Å². The Balaban J connectivity index is 1.83. The second kappa shape index (κ2) is 5.08. The standard InChI is InChI=1S/C16H19NO2/c1-12-6-4-5-9-17(12)16(18)14-10-13-7-2-3-8-15(13)19-11-14/h2-3,7-8,10,12H,4-6,9,11H2,1H3/t12-/m1/s1. The minimum absolute atomic E-state index is 0.140. The fourth-order valence-electron chi connectivity index (χ4n) is 2.82. The number of nitrogens with zero attached hydrogens (tertiary/aromatic N) is 1. The normalized spacial score (nSPS) is 22.3. The molecule has 0 aromatic heterocycles. The molecule has 2 heterocycles. The van der Waals surface area contributed by atoms with Crippen molar-refractivity contribution in [1.82, 2.24) is 4.90 Å². The van der Waals surface area contributed by atoms with Gasteiger partial charge < -0.3 is 9.64 Å². The van der Waals surface area contributed by atoms with Crippen molar-refractivity contribution in [2.75, 3.05) is 13.2 Å². The lowest BCUT2D eigenvalue weighted by Gasteiger charge is -2.34. The van der Waals surface area contributed by atoms with Crippen LogP contribution in [0.2, 0.25) is 0 Å². The molecule has 0 saturated carbocycles. The molecule has 3 nitrogen and oxygen atoms in total. The van der Waals surface area contributed by atoms with Crippen molar-refractivity contribution < 1.29 is 9.53 Å². The number of ether oxygens (including phenoxy) is 1. The summed E-state index contributed by atoms with van der Waals surface area (Å²) in [5, 5.41) is 0. The van der Waals surface area contributed by atoms with Crippen molar-refractivity contribution in [2.24, 2.45) is 0 Å². The van der Waals surface area contributed by atoms with Gasteiger partial charge in [0.05, 0.1) is 5.57 Å². The number of carbonyl (C=O) groups is 1. The molecule has 1 aromatic carbocycles. The molecule has 0 bridgehead atoms. The van der Waals surface area contributed by atoms with Crippen LogP contribution in [0.3, 0.4) is 0 Å². The third kappa shape index (κ3) is 2.37. The number of carbonyl (C=O) groups excluding carboxylic acids is 1. The van der Waals surface area contributed by atoms with E-state index in [1.54, 1.807) is 0 Å². The Kier molecular flexibility index (Phi) is 3.28. The quantitative estimate of drug-likeness (QED) is 0.774. The number of rotatable bonds is 1. The second-order valence-corrected chi connectivity index (χ2v) is 5.34. The predicted octanol–water partition coefficient (Wildman–Crippen LogP) is 2.86. The van der Waals surface area contributed by atoms with Gasteiger partial charge in [0.1, 0.15) is 12.4 Å². The molecule has 2 aliphatic heterocycles. The number of likely N-dealkylation sites (tertiary alicyclic amines) is 1. The number of benzene rings is 1. The van der Waals surface area contributed by atoms with Crippen molar-refractivity contribution in [3.63, 3.8) is 0 Å². The fourth-order valence-corrected chi connectivity index (χ4v) is 2.82. The van der Waals surface area contributed by atoms with Gasteiger partial charge in [-0.05, 0) is 38.3 Å². The van der Waals surface area contributed by atoms with Crippen LogP contribution in [0.15, 0.2) is 29.8 Å². The van der Waals surface area contributed by atoms with Gasteiger partial charge in [-0.25, -0.2) is 0 Å². The minimum atomic E-state index is 0.140. The molecule has 2 aliphatic rings. The largest absolute Gasteiger partial charge is 0.488 e. The van der Waals surface area contributed by atoms with Gasteiger partial charge in [0.15, 0.2) is 0 Å². The highest BCUT2D eigenvalue weighted by Gasteiger charge is 2.27. The Labute approximate surface area is 113 Å². The van der Waals surface area contributed by atoms with Gasteiger partial charge in [0.2, 0.25) is 0 Å². The van der Waals surface area contributed by atoms with Crippen LogP contribution < -0.4 is 4.74 Å². The molecule has 1 saturated heterocycles. The van der Waals surface area contributed by atoms with Gasteiger partial charge >= 0.3 is 0 Å². The van der Waals surface area contributed by atoms with Crippen molar-refractivity contribution in [3.05, 3.63) is 35.4 Å². The summed E-state index contributed by atoms with van der Waals surface area (Å²) in [4.78, 5) is 14.5. The molecule has 3 heteroatoms. The first-order valence-electron chi connectivity index (χ1n) is 6.99. The highest BCUT2D eigenvalue weighted by Crippen LogP contribution is 2.27. The highest BCUT2D eigenvalue weighted by atomic mass is 16.5. The SMILES string of the molecule is C[C@@H]1CCCCN1C(=O)C1=Cc2ccccc2OC1. The van der Waals surface area contributed by atoms with E-state index in [0.717, 1.165) is 36.3 Å². The van der Waals surface area contributed by atoms with Crippen molar-refractivity contribution in [2.45, 2.75) is 32.2 Å². The Bertz CT molecular complexity index is 521. The molecule has 1 atom stereocenters. The van der Waals surface area contributed by atoms with Crippen LogP contribution in [0.1, 0.15) is 31.7 Å². The van der Waals surface area contributed by atoms with Gasteiger partial charge in [-0.2, -0.15) is 0 Å². The van der Waals surface area contributed by atoms with Crippen LogP contribution in [0.4, 0.5) is 0 Å². The summed E-state index contributed by atoms with van der Waals surface area (Å²) in [6.07, 6.45) is 5.42. The topological polar surface area (TPSA) is 29.5 Å². The lowest BCUT2D eigenvalue weighted by Crippen LogP contribution is -2.43. The zero-order valence-corrected chi connectivity index (χ0v) is 11.3. The van der Waals surface area contributed by atoms with E-state index in [-0.39, 0.29) is 5.91 Å². The second-order valence-electron chi connectivity index (χ2n) is 5.34. The summed E-state index contributed by atoms with van der Waals surface area (Å²) < 4.78 is 5.67. The Morgan fingerprint density at radius 2 is 2.16 bits per heavy atom. The lowest BCUT2D eigenvalue weighted by atomic mass is 10.0. The molecule has 0 N–H and O–H groups in total. The minimum Gasteiger partial charge on any atom is -0.488 e. The van der Waals surface area contributed by atoms with E-state index in [1.807, 2.05) is 35.2 Å². The first kappa shape index (κ1) is 12.3. The third-order valence-corrected chi connectivity index (χ3v) is 3.97. The van der Waals surface area contributed by atoms with E-state index in [0.29, 0.717) is 12.6 Å². The molecule has 1 amide bonds. The maximum Gasteiger partial charge on any atom is 0.253 e. The average Bonchev–Trinajstić information content (AvgIpc) is 2.46. The van der Waals surface area contributed by atoms with Gasteiger partial charge in [0.25, 0.3) is 5.91 Å². The summed E-state index contributed by atoms with van der Waals surface area (Å²) in [5.74, 6) is 1.01. The number of hydrogen-bond acceptors (Lipinski definition) is 2. The molecule has 100 valence electrons. The zero-order chi connectivity index (χ0) is 13.2. The van der Waals surface area contributed by atoms with E-state index in [1.165, 1.54) is 6.42 Å². The zero-order valence-electron chi connectivity index (χ0n) is 11.3. The van der Waals surface area contributed by atoms with Crippen LogP contribution in [-0.2, 0) is 4.79 Å². The maximum absolute atomic E-state index is 12.6. The molecular weight excluding hydrogens is 238 g/mol. The number of para-hydroxylation sites is 1.